The van der Waals surface area contributed by atoms with E-state index in [-0.39, 0.29) is 0 Å². The van der Waals surface area contributed by atoms with Crippen molar-refractivity contribution in [3.05, 3.63) is 216 Å². The second-order valence-electron chi connectivity index (χ2n) is 15.6. The summed E-state index contributed by atoms with van der Waals surface area (Å²) in [6.45, 7) is 0. The van der Waals surface area contributed by atoms with Gasteiger partial charge in [0.15, 0.2) is 0 Å². The number of aromatic nitrogens is 2. The van der Waals surface area contributed by atoms with Crippen molar-refractivity contribution in [2.24, 2.45) is 0 Å². The summed E-state index contributed by atoms with van der Waals surface area (Å²) in [6, 6.07) is 70.1. The van der Waals surface area contributed by atoms with E-state index in [1.165, 1.54) is 44.5 Å². The SMILES string of the molecule is c1cc(-c2ccc3oc4ccccc4c3c2)cc(-c2ccc3ccc4ccc(-c5ccc6c(c5)C5(c7ccccc7-c7ccccc75)c5ccccc5-6)nc4c3n2)c1. The van der Waals surface area contributed by atoms with Crippen LogP contribution in [0.1, 0.15) is 22.3 Å². The number of rotatable bonds is 3. The van der Waals surface area contributed by atoms with E-state index in [1.54, 1.807) is 0 Å². The van der Waals surface area contributed by atoms with E-state index < -0.39 is 5.41 Å². The van der Waals surface area contributed by atoms with E-state index in [4.69, 9.17) is 14.4 Å². The Balaban J connectivity index is 0.945. The summed E-state index contributed by atoms with van der Waals surface area (Å²) in [6.07, 6.45) is 0. The van der Waals surface area contributed by atoms with Gasteiger partial charge in [-0.3, -0.25) is 0 Å². The maximum absolute atomic E-state index is 6.11. The molecule has 0 saturated carbocycles. The molecule has 11 aromatic rings. The molecule has 0 bridgehead atoms. The van der Waals surface area contributed by atoms with Crippen molar-refractivity contribution in [3.63, 3.8) is 0 Å². The molecule has 3 heteroatoms. The van der Waals surface area contributed by atoms with Crippen LogP contribution in [0.2, 0.25) is 0 Å². The predicted molar refractivity (Wildman–Crippen MR) is 237 cm³/mol. The highest BCUT2D eigenvalue weighted by molar-refractivity contribution is 6.07. The van der Waals surface area contributed by atoms with Crippen LogP contribution in [0.3, 0.4) is 0 Å². The minimum Gasteiger partial charge on any atom is -0.456 e. The largest absolute Gasteiger partial charge is 0.456 e. The minimum absolute atomic E-state index is 0.401. The Morgan fingerprint density at radius 1 is 0.328 bits per heavy atom. The van der Waals surface area contributed by atoms with Crippen molar-refractivity contribution in [2.45, 2.75) is 5.41 Å². The van der Waals surface area contributed by atoms with Gasteiger partial charge in [0.05, 0.1) is 27.8 Å². The van der Waals surface area contributed by atoms with Crippen molar-refractivity contribution < 1.29 is 4.42 Å². The molecule has 3 aromatic heterocycles. The first-order valence-electron chi connectivity index (χ1n) is 19.9. The molecule has 0 saturated heterocycles. The molecule has 58 heavy (non-hydrogen) atoms. The molecular formula is C55H32N2O. The third-order valence-electron chi connectivity index (χ3n) is 12.7. The van der Waals surface area contributed by atoms with Gasteiger partial charge in [-0.1, -0.05) is 152 Å². The van der Waals surface area contributed by atoms with Gasteiger partial charge >= 0.3 is 0 Å². The highest BCUT2D eigenvalue weighted by Crippen LogP contribution is 2.63. The van der Waals surface area contributed by atoms with Crippen LogP contribution in [0.4, 0.5) is 0 Å². The lowest BCUT2D eigenvalue weighted by Crippen LogP contribution is -2.25. The number of furan rings is 1. The Morgan fingerprint density at radius 2 is 0.828 bits per heavy atom. The summed E-state index contributed by atoms with van der Waals surface area (Å²) in [4.78, 5) is 10.8. The van der Waals surface area contributed by atoms with Gasteiger partial charge in [-0.05, 0) is 98.1 Å². The van der Waals surface area contributed by atoms with Gasteiger partial charge < -0.3 is 4.42 Å². The topological polar surface area (TPSA) is 38.9 Å². The van der Waals surface area contributed by atoms with Gasteiger partial charge in [0.2, 0.25) is 0 Å². The molecule has 0 unspecified atom stereocenters. The summed E-state index contributed by atoms with van der Waals surface area (Å²) >= 11 is 0. The molecule has 0 aliphatic heterocycles. The van der Waals surface area contributed by atoms with Crippen LogP contribution >= 0.6 is 0 Å². The standard InChI is InChI=1S/C55H32N2O/c1-5-16-45-39(12-1)40-13-2-6-17-46(40)55(45)47-18-7-3-14-41(47)42-26-22-38(32-48(42)55)50-28-24-34-21-20-33-23-27-49(56-53(33)54(34)57-50)37-11-9-10-35(30-37)36-25-29-52-44(31-36)43-15-4-8-19-51(43)58-52/h1-32H. The second-order valence-corrected chi connectivity index (χ2v) is 15.6. The van der Waals surface area contributed by atoms with Crippen molar-refractivity contribution in [3.8, 4) is 55.9 Å². The number of hydrogen-bond acceptors (Lipinski definition) is 3. The lowest BCUT2D eigenvalue weighted by atomic mass is 9.70. The van der Waals surface area contributed by atoms with Gasteiger partial charge in [0.25, 0.3) is 0 Å². The molecule has 3 nitrogen and oxygen atoms in total. The quantitative estimate of drug-likeness (QED) is 0.170. The number of pyridine rings is 2. The highest BCUT2D eigenvalue weighted by atomic mass is 16.3. The molecule has 2 aliphatic rings. The Morgan fingerprint density at radius 3 is 1.50 bits per heavy atom. The fourth-order valence-electron chi connectivity index (χ4n) is 10.1. The van der Waals surface area contributed by atoms with E-state index in [2.05, 4.69) is 182 Å². The summed E-state index contributed by atoms with van der Waals surface area (Å²) in [5.41, 5.74) is 20.0. The smallest absolute Gasteiger partial charge is 0.135 e. The Hall–Kier alpha value is -7.62. The highest BCUT2D eigenvalue weighted by Gasteiger charge is 2.51. The van der Waals surface area contributed by atoms with Crippen molar-refractivity contribution >= 4 is 43.7 Å². The van der Waals surface area contributed by atoms with Crippen LogP contribution in [-0.2, 0) is 5.41 Å². The molecule has 0 fully saturated rings. The third-order valence-corrected chi connectivity index (χ3v) is 12.7. The fraction of sp³-hybridized carbons (Fsp3) is 0.0182. The molecule has 13 rings (SSSR count). The molecule has 1 spiro atoms. The van der Waals surface area contributed by atoms with E-state index >= 15 is 0 Å². The van der Waals surface area contributed by atoms with Crippen molar-refractivity contribution in [2.75, 3.05) is 0 Å². The van der Waals surface area contributed by atoms with Gasteiger partial charge in [-0.2, -0.15) is 0 Å². The average molecular weight is 737 g/mol. The number of benzene rings is 8. The zero-order valence-electron chi connectivity index (χ0n) is 31.3. The van der Waals surface area contributed by atoms with Crippen LogP contribution in [-0.4, -0.2) is 9.97 Å². The number of fused-ring (bicyclic) bond motifs is 16. The molecule has 0 N–H and O–H groups in total. The predicted octanol–water partition coefficient (Wildman–Crippen LogP) is 14.0. The fourth-order valence-corrected chi connectivity index (χ4v) is 10.1. The van der Waals surface area contributed by atoms with Gasteiger partial charge in [-0.25, -0.2) is 9.97 Å². The summed E-state index contributed by atoms with van der Waals surface area (Å²) in [7, 11) is 0. The lowest BCUT2D eigenvalue weighted by Gasteiger charge is -2.30. The maximum atomic E-state index is 6.11. The summed E-state index contributed by atoms with van der Waals surface area (Å²) in [5, 5.41) is 4.39. The minimum atomic E-state index is -0.401. The van der Waals surface area contributed by atoms with Gasteiger partial charge in [0, 0.05) is 32.7 Å². The molecule has 8 aromatic carbocycles. The molecule has 268 valence electrons. The van der Waals surface area contributed by atoms with Crippen LogP contribution in [0, 0.1) is 0 Å². The first-order chi connectivity index (χ1) is 28.7. The summed E-state index contributed by atoms with van der Waals surface area (Å²) < 4.78 is 6.11. The Bertz CT molecular complexity index is 3470. The molecule has 0 amide bonds. The second kappa shape index (κ2) is 11.7. The van der Waals surface area contributed by atoms with E-state index in [0.29, 0.717) is 0 Å². The molecular weight excluding hydrogens is 705 g/mol. The average Bonchev–Trinajstić information content (AvgIpc) is 3.92. The zero-order valence-corrected chi connectivity index (χ0v) is 31.3. The van der Waals surface area contributed by atoms with E-state index in [0.717, 1.165) is 77.4 Å². The van der Waals surface area contributed by atoms with Crippen molar-refractivity contribution in [1.82, 2.24) is 9.97 Å². The third kappa shape index (κ3) is 4.28. The normalized spacial score (nSPS) is 13.3. The first-order valence-corrected chi connectivity index (χ1v) is 19.9. The maximum Gasteiger partial charge on any atom is 0.135 e. The number of hydrogen-bond donors (Lipinski definition) is 0. The zero-order chi connectivity index (χ0) is 38.0. The molecule has 3 heterocycles. The Labute approximate surface area is 334 Å². The van der Waals surface area contributed by atoms with Crippen LogP contribution < -0.4 is 0 Å². The van der Waals surface area contributed by atoms with Crippen LogP contribution in [0.15, 0.2) is 199 Å². The molecule has 0 atom stereocenters. The first kappa shape index (κ1) is 31.6. The summed E-state index contributed by atoms with van der Waals surface area (Å²) in [5.74, 6) is 0. The lowest BCUT2D eigenvalue weighted by molar-refractivity contribution is 0.669. The van der Waals surface area contributed by atoms with E-state index in [9.17, 15) is 0 Å². The van der Waals surface area contributed by atoms with E-state index in [1.807, 2.05) is 12.1 Å². The Kier molecular flexibility index (Phi) is 6.37. The molecule has 2 aliphatic carbocycles. The van der Waals surface area contributed by atoms with Gasteiger partial charge in [0.1, 0.15) is 11.2 Å². The van der Waals surface area contributed by atoms with Crippen molar-refractivity contribution in [1.29, 1.82) is 0 Å². The van der Waals surface area contributed by atoms with Crippen LogP contribution in [0.25, 0.3) is 99.6 Å². The molecule has 0 radical (unpaired) electrons. The van der Waals surface area contributed by atoms with Gasteiger partial charge in [-0.15, -0.1) is 0 Å². The van der Waals surface area contributed by atoms with Crippen LogP contribution in [0.5, 0.6) is 0 Å². The monoisotopic (exact) mass is 736 g/mol. The number of para-hydroxylation sites is 1. The number of nitrogens with zero attached hydrogens (tertiary/aromatic N) is 2.